The molecule has 1 aliphatic rings. The zero-order valence-electron chi connectivity index (χ0n) is 16.5. The van der Waals surface area contributed by atoms with Crippen molar-refractivity contribution in [2.75, 3.05) is 11.9 Å². The van der Waals surface area contributed by atoms with E-state index in [9.17, 15) is 9.59 Å². The molecule has 1 aliphatic heterocycles. The summed E-state index contributed by atoms with van der Waals surface area (Å²) in [4.78, 5) is 26.8. The maximum absolute atomic E-state index is 13.3. The Bertz CT molecular complexity index is 976. The summed E-state index contributed by atoms with van der Waals surface area (Å²) in [6, 6.07) is 25.6. The van der Waals surface area contributed by atoms with Crippen molar-refractivity contribution in [2.45, 2.75) is 25.8 Å². The van der Waals surface area contributed by atoms with Gasteiger partial charge in [-0.25, -0.2) is 0 Å². The molecule has 4 nitrogen and oxygen atoms in total. The Balaban J connectivity index is 1.60. The van der Waals surface area contributed by atoms with Crippen molar-refractivity contribution in [3.63, 3.8) is 0 Å². The van der Waals surface area contributed by atoms with Crippen LogP contribution in [0.3, 0.4) is 0 Å². The molecule has 0 radical (unpaired) electrons. The van der Waals surface area contributed by atoms with Gasteiger partial charge in [0.25, 0.3) is 0 Å². The number of hydrogen-bond acceptors (Lipinski definition) is 2. The molecular weight excluding hydrogens is 360 g/mol. The molecule has 0 spiro atoms. The number of benzene rings is 3. The van der Waals surface area contributed by atoms with E-state index in [-0.39, 0.29) is 17.7 Å². The molecule has 29 heavy (non-hydrogen) atoms. The van der Waals surface area contributed by atoms with Crippen molar-refractivity contribution in [1.82, 2.24) is 4.90 Å². The summed E-state index contributed by atoms with van der Waals surface area (Å²) in [6.45, 7) is 2.94. The number of rotatable bonds is 4. The van der Waals surface area contributed by atoms with Crippen LogP contribution in [-0.2, 0) is 22.6 Å². The average molecular weight is 384 g/mol. The molecule has 0 aromatic heterocycles. The van der Waals surface area contributed by atoms with Crippen molar-refractivity contribution < 1.29 is 9.59 Å². The molecule has 3 aromatic carbocycles. The molecule has 3 aromatic rings. The second-order valence-corrected chi connectivity index (χ2v) is 7.42. The molecule has 1 N–H and O–H groups in total. The third-order valence-electron chi connectivity index (χ3n) is 5.46. The molecule has 0 atom stereocenters. The molecule has 0 aliphatic carbocycles. The van der Waals surface area contributed by atoms with E-state index < -0.39 is 0 Å². The summed E-state index contributed by atoms with van der Waals surface area (Å²) in [5, 5.41) is 3.09. The highest BCUT2D eigenvalue weighted by Crippen LogP contribution is 2.28. The van der Waals surface area contributed by atoms with Gasteiger partial charge >= 0.3 is 0 Å². The van der Waals surface area contributed by atoms with Crippen molar-refractivity contribution >= 4 is 17.5 Å². The van der Waals surface area contributed by atoms with Crippen LogP contribution in [0.5, 0.6) is 0 Å². The number of hydrogen-bond donors (Lipinski definition) is 1. The number of carbonyl (C=O) groups excluding carboxylic acids is 2. The van der Waals surface area contributed by atoms with Crippen molar-refractivity contribution in [1.29, 1.82) is 0 Å². The number of anilines is 1. The van der Waals surface area contributed by atoms with Gasteiger partial charge in [-0.05, 0) is 40.8 Å². The van der Waals surface area contributed by atoms with Gasteiger partial charge in [0.15, 0.2) is 0 Å². The zero-order valence-corrected chi connectivity index (χ0v) is 16.5. The van der Waals surface area contributed by atoms with Crippen LogP contribution in [0.25, 0.3) is 0 Å². The molecular formula is C25H24N2O2. The zero-order chi connectivity index (χ0) is 20.2. The number of fused-ring (bicyclic) bond motifs is 1. The summed E-state index contributed by atoms with van der Waals surface area (Å²) in [5.41, 5.74) is 5.01. The lowest BCUT2D eigenvalue weighted by Gasteiger charge is -2.28. The van der Waals surface area contributed by atoms with E-state index in [4.69, 9.17) is 0 Å². The first-order chi connectivity index (χ1) is 14.1. The predicted octanol–water partition coefficient (Wildman–Crippen LogP) is 4.36. The summed E-state index contributed by atoms with van der Waals surface area (Å²) in [5.74, 6) is -0.373. The molecule has 0 fully saturated rings. The van der Waals surface area contributed by atoms with E-state index >= 15 is 0 Å². The molecule has 2 amide bonds. The van der Waals surface area contributed by atoms with Gasteiger partial charge in [0, 0.05) is 25.7 Å². The van der Waals surface area contributed by atoms with Gasteiger partial charge in [0.2, 0.25) is 11.8 Å². The standard InChI is InChI=1S/C25H24N2O2/c1-18(28)27-15-14-19-12-13-23(16-22(19)17-27)26-25(29)24(20-8-4-2-5-9-20)21-10-6-3-7-11-21/h2-13,16,24H,14-15,17H2,1H3,(H,26,29). The summed E-state index contributed by atoms with van der Waals surface area (Å²) in [7, 11) is 0. The van der Waals surface area contributed by atoms with Crippen LogP contribution in [0, 0.1) is 0 Å². The minimum atomic E-state index is -0.387. The molecule has 146 valence electrons. The highest BCUT2D eigenvalue weighted by molar-refractivity contribution is 5.98. The third-order valence-corrected chi connectivity index (χ3v) is 5.46. The maximum atomic E-state index is 13.3. The monoisotopic (exact) mass is 384 g/mol. The first-order valence-electron chi connectivity index (χ1n) is 9.90. The van der Waals surface area contributed by atoms with Crippen LogP contribution in [0.4, 0.5) is 5.69 Å². The largest absolute Gasteiger partial charge is 0.338 e. The number of nitrogens with zero attached hydrogens (tertiary/aromatic N) is 1. The van der Waals surface area contributed by atoms with Gasteiger partial charge < -0.3 is 10.2 Å². The van der Waals surface area contributed by atoms with Crippen LogP contribution in [0.1, 0.15) is 35.1 Å². The van der Waals surface area contributed by atoms with Gasteiger partial charge in [-0.15, -0.1) is 0 Å². The molecule has 0 bridgehead atoms. The lowest BCUT2D eigenvalue weighted by atomic mass is 9.90. The first kappa shape index (κ1) is 18.9. The van der Waals surface area contributed by atoms with E-state index in [0.717, 1.165) is 35.3 Å². The van der Waals surface area contributed by atoms with Crippen molar-refractivity contribution in [3.8, 4) is 0 Å². The number of carbonyl (C=O) groups is 2. The Morgan fingerprint density at radius 1 is 0.862 bits per heavy atom. The predicted molar refractivity (Wildman–Crippen MR) is 115 cm³/mol. The minimum absolute atomic E-state index is 0.0680. The maximum Gasteiger partial charge on any atom is 0.236 e. The first-order valence-corrected chi connectivity index (χ1v) is 9.90. The number of nitrogens with one attached hydrogen (secondary N) is 1. The van der Waals surface area contributed by atoms with Crippen LogP contribution < -0.4 is 5.32 Å². The van der Waals surface area contributed by atoms with E-state index in [1.165, 1.54) is 5.56 Å². The quantitative estimate of drug-likeness (QED) is 0.726. The van der Waals surface area contributed by atoms with Gasteiger partial charge in [-0.3, -0.25) is 9.59 Å². The van der Waals surface area contributed by atoms with E-state index in [2.05, 4.69) is 11.4 Å². The van der Waals surface area contributed by atoms with E-state index in [1.54, 1.807) is 6.92 Å². The Labute approximate surface area is 171 Å². The van der Waals surface area contributed by atoms with Crippen LogP contribution >= 0.6 is 0 Å². The van der Waals surface area contributed by atoms with Crippen LogP contribution in [-0.4, -0.2) is 23.3 Å². The van der Waals surface area contributed by atoms with Gasteiger partial charge in [-0.2, -0.15) is 0 Å². The average Bonchev–Trinajstić information content (AvgIpc) is 2.75. The minimum Gasteiger partial charge on any atom is -0.338 e. The fourth-order valence-corrected chi connectivity index (χ4v) is 3.90. The fraction of sp³-hybridized carbons (Fsp3) is 0.200. The molecule has 4 heteroatoms. The van der Waals surface area contributed by atoms with E-state index in [0.29, 0.717) is 6.54 Å². The smallest absolute Gasteiger partial charge is 0.236 e. The Morgan fingerprint density at radius 3 is 2.07 bits per heavy atom. The van der Waals surface area contributed by atoms with E-state index in [1.807, 2.05) is 77.7 Å². The Hall–Kier alpha value is -3.40. The lowest BCUT2D eigenvalue weighted by Crippen LogP contribution is -2.34. The van der Waals surface area contributed by atoms with Crippen molar-refractivity contribution in [2.24, 2.45) is 0 Å². The van der Waals surface area contributed by atoms with Gasteiger partial charge in [-0.1, -0.05) is 66.7 Å². The molecule has 0 saturated carbocycles. The molecule has 4 rings (SSSR count). The second kappa shape index (κ2) is 8.31. The SMILES string of the molecule is CC(=O)N1CCc2ccc(NC(=O)C(c3ccccc3)c3ccccc3)cc2C1. The summed E-state index contributed by atoms with van der Waals surface area (Å²) >= 11 is 0. The Morgan fingerprint density at radius 2 is 1.48 bits per heavy atom. The van der Waals surface area contributed by atoms with Crippen LogP contribution in [0.2, 0.25) is 0 Å². The van der Waals surface area contributed by atoms with Crippen molar-refractivity contribution in [3.05, 3.63) is 101 Å². The third kappa shape index (κ3) is 4.21. The second-order valence-electron chi connectivity index (χ2n) is 7.42. The Kier molecular flexibility index (Phi) is 5.43. The van der Waals surface area contributed by atoms with Gasteiger partial charge in [0.1, 0.15) is 0 Å². The fourth-order valence-electron chi connectivity index (χ4n) is 3.90. The highest BCUT2D eigenvalue weighted by Gasteiger charge is 2.23. The summed E-state index contributed by atoms with van der Waals surface area (Å²) in [6.07, 6.45) is 0.847. The molecule has 0 unspecified atom stereocenters. The summed E-state index contributed by atoms with van der Waals surface area (Å²) < 4.78 is 0. The normalized spacial score (nSPS) is 13.1. The number of amides is 2. The van der Waals surface area contributed by atoms with Gasteiger partial charge in [0.05, 0.1) is 5.92 Å². The molecule has 0 saturated heterocycles. The van der Waals surface area contributed by atoms with Crippen LogP contribution in [0.15, 0.2) is 78.9 Å². The topological polar surface area (TPSA) is 49.4 Å². The molecule has 1 heterocycles. The highest BCUT2D eigenvalue weighted by atomic mass is 16.2. The lowest BCUT2D eigenvalue weighted by molar-refractivity contribution is -0.129.